The molecule has 1 heterocycles. The zero-order valence-electron chi connectivity index (χ0n) is 11.6. The van der Waals surface area contributed by atoms with E-state index in [1.807, 2.05) is 0 Å². The Hall–Kier alpha value is -2.22. The number of carbonyl (C=O) groups excluding carboxylic acids is 1. The number of rotatable bonds is 4. The molecule has 0 aromatic heterocycles. The van der Waals surface area contributed by atoms with Crippen molar-refractivity contribution in [1.82, 2.24) is 4.90 Å². The van der Waals surface area contributed by atoms with Crippen LogP contribution in [0.25, 0.3) is 0 Å². The molecule has 0 atom stereocenters. The van der Waals surface area contributed by atoms with Crippen LogP contribution >= 0.6 is 0 Å². The number of hydrogen-bond donors (Lipinski definition) is 1. The first-order valence-corrected chi connectivity index (χ1v) is 6.57. The molecule has 2 rings (SSSR count). The van der Waals surface area contributed by atoms with E-state index in [0.717, 1.165) is 4.90 Å². The van der Waals surface area contributed by atoms with Crippen LogP contribution in [-0.4, -0.2) is 60.7 Å². The number of carboxylic acid groups (broad SMARTS) is 1. The van der Waals surface area contributed by atoms with E-state index in [0.29, 0.717) is 0 Å². The fourth-order valence-electron chi connectivity index (χ4n) is 1.99. The molecule has 22 heavy (non-hydrogen) atoms. The minimum absolute atomic E-state index is 0.0567. The van der Waals surface area contributed by atoms with Crippen LogP contribution in [0, 0.1) is 0 Å². The average Bonchev–Trinajstić information content (AvgIpc) is 2.65. The highest BCUT2D eigenvalue weighted by atomic mass is 19.3. The van der Waals surface area contributed by atoms with Gasteiger partial charge in [-0.2, -0.15) is 0 Å². The van der Waals surface area contributed by atoms with E-state index in [1.54, 1.807) is 0 Å². The Balaban J connectivity index is 2.04. The molecule has 1 saturated heterocycles. The van der Waals surface area contributed by atoms with Crippen LogP contribution in [0.4, 0.5) is 8.78 Å². The molecule has 0 unspecified atom stereocenters. The molecular weight excluding hydrogens is 300 g/mol. The van der Waals surface area contributed by atoms with E-state index >= 15 is 0 Å². The Morgan fingerprint density at radius 1 is 1.32 bits per heavy atom. The summed E-state index contributed by atoms with van der Waals surface area (Å²) in [6, 6.07) is 5.65. The van der Waals surface area contributed by atoms with Gasteiger partial charge in [0.25, 0.3) is 11.8 Å². The number of alkyl halides is 2. The third kappa shape index (κ3) is 4.39. The average molecular weight is 315 g/mol. The van der Waals surface area contributed by atoms with Gasteiger partial charge in [-0.3, -0.25) is 4.79 Å². The fraction of sp³-hybridized carbons (Fsp3) is 0.429. The summed E-state index contributed by atoms with van der Waals surface area (Å²) < 4.78 is 36.6. The van der Waals surface area contributed by atoms with Crippen molar-refractivity contribution in [2.45, 2.75) is 5.92 Å². The summed E-state index contributed by atoms with van der Waals surface area (Å²) in [6.07, 6.45) is 0. The molecular formula is C14H15F2NO5. The standard InChI is InChI=1S/C14H15F2NO5/c15-14(16)8-17(5-6-21-9-14)13(20)10-1-3-11(4-2-10)22-7-12(18)19/h1-4H,5-9H2,(H,18,19). The highest BCUT2D eigenvalue weighted by molar-refractivity contribution is 5.94. The summed E-state index contributed by atoms with van der Waals surface area (Å²) in [5.41, 5.74) is 0.223. The molecule has 1 aromatic carbocycles. The summed E-state index contributed by atoms with van der Waals surface area (Å²) >= 11 is 0. The number of benzene rings is 1. The summed E-state index contributed by atoms with van der Waals surface area (Å²) in [7, 11) is 0. The van der Waals surface area contributed by atoms with Crippen molar-refractivity contribution in [3.05, 3.63) is 29.8 Å². The molecule has 1 aliphatic heterocycles. The van der Waals surface area contributed by atoms with Crippen molar-refractivity contribution in [3.8, 4) is 5.75 Å². The number of hydrogen-bond acceptors (Lipinski definition) is 4. The van der Waals surface area contributed by atoms with Crippen molar-refractivity contribution >= 4 is 11.9 Å². The van der Waals surface area contributed by atoms with Crippen molar-refractivity contribution in [2.24, 2.45) is 0 Å². The van der Waals surface area contributed by atoms with Gasteiger partial charge in [0.15, 0.2) is 6.61 Å². The number of ether oxygens (including phenoxy) is 2. The molecule has 120 valence electrons. The van der Waals surface area contributed by atoms with E-state index in [4.69, 9.17) is 14.6 Å². The Labute approximate surface area is 125 Å². The quantitative estimate of drug-likeness (QED) is 0.905. The van der Waals surface area contributed by atoms with Crippen LogP contribution < -0.4 is 4.74 Å². The minimum Gasteiger partial charge on any atom is -0.482 e. The van der Waals surface area contributed by atoms with Crippen LogP contribution in [0.5, 0.6) is 5.75 Å². The Morgan fingerprint density at radius 2 is 2.00 bits per heavy atom. The van der Waals surface area contributed by atoms with E-state index < -0.39 is 37.6 Å². The second-order valence-electron chi connectivity index (χ2n) is 4.84. The van der Waals surface area contributed by atoms with Crippen molar-refractivity contribution < 1.29 is 33.0 Å². The van der Waals surface area contributed by atoms with Gasteiger partial charge in [0.2, 0.25) is 0 Å². The summed E-state index contributed by atoms with van der Waals surface area (Å²) in [6.45, 7) is -1.74. The lowest BCUT2D eigenvalue weighted by Crippen LogP contribution is -2.41. The maximum Gasteiger partial charge on any atom is 0.341 e. The smallest absolute Gasteiger partial charge is 0.341 e. The van der Waals surface area contributed by atoms with Gasteiger partial charge in [0.05, 0.1) is 13.2 Å². The lowest BCUT2D eigenvalue weighted by molar-refractivity contribution is -0.139. The summed E-state index contributed by atoms with van der Waals surface area (Å²) in [4.78, 5) is 23.6. The first-order valence-electron chi connectivity index (χ1n) is 6.57. The van der Waals surface area contributed by atoms with Crippen LogP contribution in [-0.2, 0) is 9.53 Å². The minimum atomic E-state index is -3.07. The molecule has 0 spiro atoms. The third-order valence-corrected chi connectivity index (χ3v) is 2.99. The van der Waals surface area contributed by atoms with Gasteiger partial charge in [-0.15, -0.1) is 0 Å². The van der Waals surface area contributed by atoms with E-state index in [1.165, 1.54) is 24.3 Å². The molecule has 1 fully saturated rings. The van der Waals surface area contributed by atoms with Gasteiger partial charge in [-0.05, 0) is 24.3 Å². The van der Waals surface area contributed by atoms with Gasteiger partial charge in [-0.25, -0.2) is 13.6 Å². The molecule has 0 saturated carbocycles. The van der Waals surface area contributed by atoms with Gasteiger partial charge in [0.1, 0.15) is 12.4 Å². The Morgan fingerprint density at radius 3 is 2.64 bits per heavy atom. The van der Waals surface area contributed by atoms with Crippen LogP contribution in [0.3, 0.4) is 0 Å². The van der Waals surface area contributed by atoms with E-state index in [9.17, 15) is 18.4 Å². The molecule has 1 N–H and O–H groups in total. The topological polar surface area (TPSA) is 76.1 Å². The van der Waals surface area contributed by atoms with Gasteiger partial charge >= 0.3 is 5.97 Å². The SMILES string of the molecule is O=C(O)COc1ccc(C(=O)N2CCOCC(F)(F)C2)cc1. The van der Waals surface area contributed by atoms with Gasteiger partial charge in [-0.1, -0.05) is 0 Å². The predicted molar refractivity (Wildman–Crippen MR) is 71.2 cm³/mol. The third-order valence-electron chi connectivity index (χ3n) is 2.99. The molecule has 1 aliphatic rings. The predicted octanol–water partition coefficient (Wildman–Crippen LogP) is 1.26. The molecule has 8 heteroatoms. The van der Waals surface area contributed by atoms with Crippen LogP contribution in [0.15, 0.2) is 24.3 Å². The maximum atomic E-state index is 13.4. The number of carbonyl (C=O) groups is 2. The number of halogens is 2. The first-order chi connectivity index (χ1) is 10.4. The number of aliphatic carboxylic acids is 1. The Bertz CT molecular complexity index is 547. The molecule has 0 aliphatic carbocycles. The second kappa shape index (κ2) is 6.69. The van der Waals surface area contributed by atoms with Crippen LogP contribution in [0.1, 0.15) is 10.4 Å². The van der Waals surface area contributed by atoms with Crippen molar-refractivity contribution in [2.75, 3.05) is 32.9 Å². The molecule has 0 bridgehead atoms. The highest BCUT2D eigenvalue weighted by Gasteiger charge is 2.36. The largest absolute Gasteiger partial charge is 0.482 e. The molecule has 0 radical (unpaired) electrons. The lowest BCUT2D eigenvalue weighted by Gasteiger charge is -2.23. The maximum absolute atomic E-state index is 13.4. The number of carboxylic acids is 1. The highest BCUT2D eigenvalue weighted by Crippen LogP contribution is 2.21. The monoisotopic (exact) mass is 315 g/mol. The first kappa shape index (κ1) is 16.2. The summed E-state index contributed by atoms with van der Waals surface area (Å²) in [5, 5.41) is 8.49. The number of amides is 1. The normalized spacial score (nSPS) is 17.6. The fourth-order valence-corrected chi connectivity index (χ4v) is 1.99. The molecule has 6 nitrogen and oxygen atoms in total. The lowest BCUT2D eigenvalue weighted by atomic mass is 10.2. The molecule has 1 aromatic rings. The zero-order valence-corrected chi connectivity index (χ0v) is 11.6. The van der Waals surface area contributed by atoms with E-state index in [-0.39, 0.29) is 24.5 Å². The number of nitrogens with zero attached hydrogens (tertiary/aromatic N) is 1. The van der Waals surface area contributed by atoms with Gasteiger partial charge in [0, 0.05) is 12.1 Å². The second-order valence-corrected chi connectivity index (χ2v) is 4.84. The van der Waals surface area contributed by atoms with Crippen molar-refractivity contribution in [1.29, 1.82) is 0 Å². The summed E-state index contributed by atoms with van der Waals surface area (Å²) in [5.74, 6) is -4.44. The zero-order chi connectivity index (χ0) is 16.2. The van der Waals surface area contributed by atoms with Gasteiger partial charge < -0.3 is 19.5 Å². The van der Waals surface area contributed by atoms with Crippen LogP contribution in [0.2, 0.25) is 0 Å². The van der Waals surface area contributed by atoms with E-state index in [2.05, 4.69) is 0 Å². The van der Waals surface area contributed by atoms with Crippen molar-refractivity contribution in [3.63, 3.8) is 0 Å². The Kier molecular flexibility index (Phi) is 4.92. The molecule has 1 amide bonds.